The molecule has 1 aromatic heterocycles. The van der Waals surface area contributed by atoms with Crippen LogP contribution < -0.4 is 5.32 Å². The van der Waals surface area contributed by atoms with Crippen molar-refractivity contribution in [3.63, 3.8) is 0 Å². The predicted molar refractivity (Wildman–Crippen MR) is 88.8 cm³/mol. The molecule has 0 fully saturated rings. The van der Waals surface area contributed by atoms with Gasteiger partial charge >= 0.3 is 0 Å². The summed E-state index contributed by atoms with van der Waals surface area (Å²) >= 11 is 1.70. The van der Waals surface area contributed by atoms with E-state index in [0.717, 1.165) is 10.6 Å². The smallest absolute Gasteiger partial charge is 0.183 e. The van der Waals surface area contributed by atoms with Crippen molar-refractivity contribution in [3.8, 4) is 11.1 Å². The van der Waals surface area contributed by atoms with Gasteiger partial charge in [-0.15, -0.1) is 0 Å². The van der Waals surface area contributed by atoms with Gasteiger partial charge in [0, 0.05) is 12.6 Å². The van der Waals surface area contributed by atoms with Crippen LogP contribution in [0.4, 0.5) is 5.13 Å². The largest absolute Gasteiger partial charge is 0.365 e. The van der Waals surface area contributed by atoms with Gasteiger partial charge in [-0.2, -0.15) is 0 Å². The summed E-state index contributed by atoms with van der Waals surface area (Å²) in [5.41, 5.74) is 7.58. The maximum atomic E-state index is 4.72. The van der Waals surface area contributed by atoms with E-state index >= 15 is 0 Å². The van der Waals surface area contributed by atoms with E-state index in [0.29, 0.717) is 0 Å². The van der Waals surface area contributed by atoms with E-state index in [1.807, 2.05) is 7.05 Å². The minimum absolute atomic E-state index is 0.967. The van der Waals surface area contributed by atoms with Crippen molar-refractivity contribution in [3.05, 3.63) is 47.0 Å². The predicted octanol–water partition coefficient (Wildman–Crippen LogP) is 4.93. The molecule has 0 atom stereocenters. The van der Waals surface area contributed by atoms with E-state index in [2.05, 4.69) is 56.4 Å². The van der Waals surface area contributed by atoms with Crippen molar-refractivity contribution in [1.29, 1.82) is 0 Å². The third-order valence-corrected chi connectivity index (χ3v) is 4.62. The van der Waals surface area contributed by atoms with Crippen LogP contribution in [0.3, 0.4) is 0 Å². The van der Waals surface area contributed by atoms with Crippen molar-refractivity contribution in [1.82, 2.24) is 4.98 Å². The summed E-state index contributed by atoms with van der Waals surface area (Å²) in [5, 5.41) is 4.11. The molecular weight excluding hydrogens is 264 g/mol. The number of aromatic nitrogens is 1. The Hall–Kier alpha value is -1.87. The first-order chi connectivity index (χ1) is 9.60. The van der Waals surface area contributed by atoms with Gasteiger partial charge in [0.15, 0.2) is 5.13 Å². The second-order valence-corrected chi connectivity index (χ2v) is 6.23. The molecule has 0 aliphatic rings. The van der Waals surface area contributed by atoms with Gasteiger partial charge in [0.05, 0.1) is 10.2 Å². The van der Waals surface area contributed by atoms with Crippen LogP contribution in [-0.2, 0) is 0 Å². The fourth-order valence-corrected chi connectivity index (χ4v) is 3.71. The number of benzene rings is 2. The molecule has 102 valence electrons. The van der Waals surface area contributed by atoms with E-state index in [9.17, 15) is 0 Å². The van der Waals surface area contributed by atoms with Crippen LogP contribution in [0.25, 0.3) is 21.3 Å². The first kappa shape index (κ1) is 13.1. The quantitative estimate of drug-likeness (QED) is 0.721. The summed E-state index contributed by atoms with van der Waals surface area (Å²) in [7, 11) is 1.92. The van der Waals surface area contributed by atoms with Crippen LogP contribution in [0.15, 0.2) is 30.3 Å². The van der Waals surface area contributed by atoms with Crippen molar-refractivity contribution >= 4 is 26.7 Å². The first-order valence-corrected chi connectivity index (χ1v) is 7.57. The molecule has 0 saturated carbocycles. The molecule has 0 aliphatic carbocycles. The van der Waals surface area contributed by atoms with Gasteiger partial charge in [0.1, 0.15) is 0 Å². The number of aryl methyl sites for hydroxylation is 3. The number of nitrogens with zero attached hydrogens (tertiary/aromatic N) is 1. The summed E-state index contributed by atoms with van der Waals surface area (Å²) in [6.45, 7) is 6.51. The molecule has 2 aromatic carbocycles. The van der Waals surface area contributed by atoms with Crippen LogP contribution in [0.5, 0.6) is 0 Å². The van der Waals surface area contributed by atoms with Crippen molar-refractivity contribution in [2.75, 3.05) is 12.4 Å². The fourth-order valence-electron chi connectivity index (χ4n) is 2.86. The number of rotatable bonds is 2. The minimum Gasteiger partial charge on any atom is -0.365 e. The maximum absolute atomic E-state index is 4.72. The number of para-hydroxylation sites is 1. The Labute approximate surface area is 123 Å². The van der Waals surface area contributed by atoms with Gasteiger partial charge in [-0.1, -0.05) is 41.2 Å². The van der Waals surface area contributed by atoms with Gasteiger partial charge in [-0.3, -0.25) is 0 Å². The van der Waals surface area contributed by atoms with Crippen LogP contribution in [0, 0.1) is 20.8 Å². The third kappa shape index (κ3) is 2.08. The molecule has 3 rings (SSSR count). The zero-order valence-electron chi connectivity index (χ0n) is 12.2. The molecular formula is C17H18N2S. The highest BCUT2D eigenvalue weighted by Gasteiger charge is 2.13. The highest BCUT2D eigenvalue weighted by molar-refractivity contribution is 7.22. The molecule has 3 aromatic rings. The lowest BCUT2D eigenvalue weighted by atomic mass is 9.93. The summed E-state index contributed by atoms with van der Waals surface area (Å²) in [4.78, 5) is 4.72. The molecule has 20 heavy (non-hydrogen) atoms. The molecule has 0 radical (unpaired) electrons. The van der Waals surface area contributed by atoms with Crippen molar-refractivity contribution < 1.29 is 0 Å². The molecule has 0 spiro atoms. The number of fused-ring (bicyclic) bond motifs is 1. The standard InChI is InChI=1S/C17H18N2S/c1-10-8-11(2)15(12(3)9-10)13-6-5-7-14-16(13)19-17(18-4)20-14/h5-9H,1-4H3,(H,18,19). The van der Waals surface area contributed by atoms with Gasteiger partial charge in [0.2, 0.25) is 0 Å². The van der Waals surface area contributed by atoms with Gasteiger partial charge in [-0.25, -0.2) is 4.98 Å². The van der Waals surface area contributed by atoms with E-state index in [1.54, 1.807) is 11.3 Å². The summed E-state index contributed by atoms with van der Waals surface area (Å²) in [6.07, 6.45) is 0. The molecule has 0 saturated heterocycles. The molecule has 0 aliphatic heterocycles. The van der Waals surface area contributed by atoms with E-state index < -0.39 is 0 Å². The molecule has 1 N–H and O–H groups in total. The number of anilines is 1. The first-order valence-electron chi connectivity index (χ1n) is 6.75. The molecule has 0 amide bonds. The van der Waals surface area contributed by atoms with Crippen LogP contribution >= 0.6 is 11.3 Å². The number of hydrogen-bond donors (Lipinski definition) is 1. The highest BCUT2D eigenvalue weighted by Crippen LogP contribution is 2.36. The fraction of sp³-hybridized carbons (Fsp3) is 0.235. The highest BCUT2D eigenvalue weighted by atomic mass is 32.1. The Morgan fingerprint density at radius 3 is 2.40 bits per heavy atom. The van der Waals surface area contributed by atoms with Crippen LogP contribution in [-0.4, -0.2) is 12.0 Å². The monoisotopic (exact) mass is 282 g/mol. The second-order valence-electron chi connectivity index (χ2n) is 5.20. The van der Waals surface area contributed by atoms with E-state index in [-0.39, 0.29) is 0 Å². The Bertz CT molecular complexity index is 764. The molecule has 1 heterocycles. The lowest BCUT2D eigenvalue weighted by Crippen LogP contribution is -1.91. The molecule has 0 bridgehead atoms. The topological polar surface area (TPSA) is 24.9 Å². The average Bonchev–Trinajstić information content (AvgIpc) is 2.81. The Morgan fingerprint density at radius 1 is 1.05 bits per heavy atom. The number of nitrogens with one attached hydrogen (secondary N) is 1. The van der Waals surface area contributed by atoms with Gasteiger partial charge in [0.25, 0.3) is 0 Å². The second kappa shape index (κ2) is 4.91. The summed E-state index contributed by atoms with van der Waals surface area (Å²) < 4.78 is 1.23. The number of hydrogen-bond acceptors (Lipinski definition) is 3. The average molecular weight is 282 g/mol. The Kier molecular flexibility index (Phi) is 3.22. The van der Waals surface area contributed by atoms with Crippen LogP contribution in [0.2, 0.25) is 0 Å². The van der Waals surface area contributed by atoms with Crippen molar-refractivity contribution in [2.45, 2.75) is 20.8 Å². The molecule has 0 unspecified atom stereocenters. The summed E-state index contributed by atoms with van der Waals surface area (Å²) in [6, 6.07) is 10.9. The van der Waals surface area contributed by atoms with Gasteiger partial charge in [-0.05, 0) is 43.5 Å². The lowest BCUT2D eigenvalue weighted by molar-refractivity contribution is 1.32. The zero-order valence-corrected chi connectivity index (χ0v) is 13.1. The van der Waals surface area contributed by atoms with Gasteiger partial charge < -0.3 is 5.32 Å². The van der Waals surface area contributed by atoms with Crippen LogP contribution in [0.1, 0.15) is 16.7 Å². The normalized spacial score (nSPS) is 11.0. The Balaban J connectivity index is 2.32. The lowest BCUT2D eigenvalue weighted by Gasteiger charge is -2.12. The Morgan fingerprint density at radius 2 is 1.75 bits per heavy atom. The zero-order chi connectivity index (χ0) is 14.3. The van der Waals surface area contributed by atoms with E-state index in [4.69, 9.17) is 4.98 Å². The minimum atomic E-state index is 0.967. The van der Waals surface area contributed by atoms with E-state index in [1.165, 1.54) is 32.5 Å². The number of thiazole rings is 1. The molecule has 2 nitrogen and oxygen atoms in total. The summed E-state index contributed by atoms with van der Waals surface area (Å²) in [5.74, 6) is 0. The third-order valence-electron chi connectivity index (χ3n) is 3.58. The SMILES string of the molecule is CNc1nc2c(-c3c(C)cc(C)cc3C)cccc2s1. The molecule has 3 heteroatoms. The maximum Gasteiger partial charge on any atom is 0.183 e. The van der Waals surface area contributed by atoms with Crippen molar-refractivity contribution in [2.24, 2.45) is 0 Å².